The Morgan fingerprint density at radius 2 is 1.95 bits per heavy atom. The number of amides is 1. The number of methoxy groups -OCH3 is 1. The maximum atomic E-state index is 13.4. The maximum absolute atomic E-state index is 13.4. The van der Waals surface area contributed by atoms with Gasteiger partial charge in [-0.3, -0.25) is 4.79 Å². The third-order valence-electron chi connectivity index (χ3n) is 3.72. The number of anilines is 1. The molecular formula is C18H14FNO2. The van der Waals surface area contributed by atoms with Crippen molar-refractivity contribution in [3.63, 3.8) is 0 Å². The summed E-state index contributed by atoms with van der Waals surface area (Å²) in [6.45, 7) is 1.91. The molecule has 0 bridgehead atoms. The molecule has 2 aromatic rings. The van der Waals surface area contributed by atoms with Gasteiger partial charge in [0.15, 0.2) is 0 Å². The number of hydrogen-bond acceptors (Lipinski definition) is 2. The third-order valence-corrected chi connectivity index (χ3v) is 3.72. The van der Waals surface area contributed by atoms with E-state index in [-0.39, 0.29) is 5.91 Å². The van der Waals surface area contributed by atoms with Crippen molar-refractivity contribution in [3.05, 3.63) is 58.4 Å². The van der Waals surface area contributed by atoms with Crippen molar-refractivity contribution in [2.75, 3.05) is 19.1 Å². The number of hydrogen-bond donors (Lipinski definition) is 0. The standard InChI is InChI=1S/C18H14FNO2/c1-11-8-14(22-3)10-17-15(11)6-4-12-9-13(19)5-7-16(12)18(21)20(17)2/h5,7-10H,1-3H3. The molecule has 22 heavy (non-hydrogen) atoms. The zero-order valence-corrected chi connectivity index (χ0v) is 12.5. The maximum Gasteiger partial charge on any atom is 0.259 e. The predicted octanol–water partition coefficient (Wildman–Crippen LogP) is 3.13. The second-order valence-electron chi connectivity index (χ2n) is 5.14. The van der Waals surface area contributed by atoms with Gasteiger partial charge in [0.2, 0.25) is 0 Å². The smallest absolute Gasteiger partial charge is 0.259 e. The molecule has 2 aromatic carbocycles. The van der Waals surface area contributed by atoms with Crippen LogP contribution in [0.15, 0.2) is 30.3 Å². The van der Waals surface area contributed by atoms with Crippen molar-refractivity contribution in [1.82, 2.24) is 0 Å². The molecule has 1 amide bonds. The number of carbonyl (C=O) groups excluding carboxylic acids is 1. The molecular weight excluding hydrogens is 281 g/mol. The number of benzene rings is 2. The van der Waals surface area contributed by atoms with Crippen molar-refractivity contribution in [2.24, 2.45) is 0 Å². The average Bonchev–Trinajstić information content (AvgIpc) is 2.50. The molecule has 0 N–H and O–H groups in total. The Bertz CT molecular complexity index is 846. The Labute approximate surface area is 128 Å². The number of rotatable bonds is 1. The minimum Gasteiger partial charge on any atom is -0.497 e. The molecule has 1 aliphatic heterocycles. The van der Waals surface area contributed by atoms with E-state index in [1.807, 2.05) is 13.0 Å². The second-order valence-corrected chi connectivity index (χ2v) is 5.14. The summed E-state index contributed by atoms with van der Waals surface area (Å²) in [4.78, 5) is 14.2. The molecule has 0 spiro atoms. The normalized spacial score (nSPS) is 12.5. The number of halogens is 1. The van der Waals surface area contributed by atoms with Gasteiger partial charge in [0, 0.05) is 18.7 Å². The van der Waals surface area contributed by atoms with Gasteiger partial charge in [-0.2, -0.15) is 0 Å². The van der Waals surface area contributed by atoms with E-state index in [0.29, 0.717) is 22.6 Å². The molecule has 0 atom stereocenters. The fourth-order valence-electron chi connectivity index (χ4n) is 2.51. The van der Waals surface area contributed by atoms with Crippen LogP contribution in [-0.4, -0.2) is 20.1 Å². The Hall–Kier alpha value is -2.80. The lowest BCUT2D eigenvalue weighted by molar-refractivity contribution is 0.0992. The monoisotopic (exact) mass is 295 g/mol. The summed E-state index contributed by atoms with van der Waals surface area (Å²) in [6.07, 6.45) is 0. The van der Waals surface area contributed by atoms with Gasteiger partial charge in [-0.05, 0) is 36.8 Å². The van der Waals surface area contributed by atoms with Gasteiger partial charge in [-0.1, -0.05) is 11.8 Å². The lowest BCUT2D eigenvalue weighted by Gasteiger charge is -2.23. The van der Waals surface area contributed by atoms with E-state index in [2.05, 4.69) is 11.8 Å². The van der Waals surface area contributed by atoms with Crippen molar-refractivity contribution in [2.45, 2.75) is 6.92 Å². The number of nitrogens with zero attached hydrogens (tertiary/aromatic N) is 1. The Morgan fingerprint density at radius 3 is 2.68 bits per heavy atom. The van der Waals surface area contributed by atoms with Crippen LogP contribution in [-0.2, 0) is 0 Å². The molecule has 0 aromatic heterocycles. The van der Waals surface area contributed by atoms with Crippen LogP contribution in [0.3, 0.4) is 0 Å². The molecule has 0 saturated carbocycles. The van der Waals surface area contributed by atoms with E-state index in [9.17, 15) is 9.18 Å². The van der Waals surface area contributed by atoms with Gasteiger partial charge >= 0.3 is 0 Å². The molecule has 0 radical (unpaired) electrons. The first-order chi connectivity index (χ1) is 10.5. The first-order valence-electron chi connectivity index (χ1n) is 6.79. The highest BCUT2D eigenvalue weighted by atomic mass is 19.1. The minimum absolute atomic E-state index is 0.224. The van der Waals surface area contributed by atoms with E-state index in [1.165, 1.54) is 23.1 Å². The van der Waals surface area contributed by atoms with E-state index >= 15 is 0 Å². The summed E-state index contributed by atoms with van der Waals surface area (Å²) < 4.78 is 18.7. The predicted molar refractivity (Wildman–Crippen MR) is 82.8 cm³/mol. The SMILES string of the molecule is COc1cc(C)c2c(c1)N(C)C(=O)c1ccc(F)cc1C#C2. The number of fused-ring (bicyclic) bond motifs is 2. The van der Waals surface area contributed by atoms with Crippen LogP contribution in [0, 0.1) is 24.6 Å². The van der Waals surface area contributed by atoms with Crippen LogP contribution in [0.5, 0.6) is 5.75 Å². The molecule has 4 heteroatoms. The second kappa shape index (κ2) is 5.19. The van der Waals surface area contributed by atoms with E-state index < -0.39 is 5.82 Å². The van der Waals surface area contributed by atoms with Gasteiger partial charge in [0.25, 0.3) is 5.91 Å². The topological polar surface area (TPSA) is 29.5 Å². The molecule has 0 unspecified atom stereocenters. The zero-order valence-electron chi connectivity index (χ0n) is 12.5. The van der Waals surface area contributed by atoms with Gasteiger partial charge in [-0.25, -0.2) is 4.39 Å². The summed E-state index contributed by atoms with van der Waals surface area (Å²) in [5.74, 6) is 6.00. The van der Waals surface area contributed by atoms with Crippen molar-refractivity contribution in [1.29, 1.82) is 0 Å². The van der Waals surface area contributed by atoms with Gasteiger partial charge < -0.3 is 9.64 Å². The van der Waals surface area contributed by atoms with Crippen LogP contribution in [0.2, 0.25) is 0 Å². The van der Waals surface area contributed by atoms with Crippen molar-refractivity contribution >= 4 is 11.6 Å². The summed E-state index contributed by atoms with van der Waals surface area (Å²) >= 11 is 0. The fraction of sp³-hybridized carbons (Fsp3) is 0.167. The number of carbonyl (C=O) groups is 1. The summed E-state index contributed by atoms with van der Waals surface area (Å²) in [6, 6.07) is 7.67. The van der Waals surface area contributed by atoms with Gasteiger partial charge in [0.05, 0.1) is 23.9 Å². The van der Waals surface area contributed by atoms with E-state index in [0.717, 1.165) is 11.1 Å². The Kier molecular flexibility index (Phi) is 3.34. The molecule has 110 valence electrons. The molecule has 0 aliphatic carbocycles. The quantitative estimate of drug-likeness (QED) is 0.756. The van der Waals surface area contributed by atoms with Crippen molar-refractivity contribution < 1.29 is 13.9 Å². The largest absolute Gasteiger partial charge is 0.497 e. The first kappa shape index (κ1) is 14.2. The van der Waals surface area contributed by atoms with Crippen LogP contribution in [0.25, 0.3) is 0 Å². The highest BCUT2D eigenvalue weighted by Gasteiger charge is 2.22. The molecule has 0 fully saturated rings. The van der Waals surface area contributed by atoms with E-state index in [4.69, 9.17) is 4.74 Å². The van der Waals surface area contributed by atoms with Crippen LogP contribution in [0.4, 0.5) is 10.1 Å². The molecule has 1 heterocycles. The summed E-state index contributed by atoms with van der Waals surface area (Å²) in [5, 5.41) is 0. The Balaban J connectivity index is 2.30. The molecule has 0 saturated heterocycles. The highest BCUT2D eigenvalue weighted by molar-refractivity contribution is 6.08. The highest BCUT2D eigenvalue weighted by Crippen LogP contribution is 2.31. The minimum atomic E-state index is -0.407. The van der Waals surface area contributed by atoms with E-state index in [1.54, 1.807) is 20.2 Å². The fourth-order valence-corrected chi connectivity index (χ4v) is 2.51. The zero-order chi connectivity index (χ0) is 15.9. The van der Waals surface area contributed by atoms with Crippen LogP contribution < -0.4 is 9.64 Å². The van der Waals surface area contributed by atoms with Crippen molar-refractivity contribution in [3.8, 4) is 17.6 Å². The number of ether oxygens (including phenoxy) is 1. The molecule has 3 nitrogen and oxygen atoms in total. The van der Waals surface area contributed by atoms with Crippen LogP contribution in [0.1, 0.15) is 27.0 Å². The first-order valence-corrected chi connectivity index (χ1v) is 6.79. The van der Waals surface area contributed by atoms with Gasteiger partial charge in [0.1, 0.15) is 11.6 Å². The van der Waals surface area contributed by atoms with Gasteiger partial charge in [-0.15, -0.1) is 0 Å². The summed E-state index contributed by atoms with van der Waals surface area (Å²) in [7, 11) is 3.26. The average molecular weight is 295 g/mol. The lowest BCUT2D eigenvalue weighted by Crippen LogP contribution is -2.28. The summed E-state index contributed by atoms with van der Waals surface area (Å²) in [5.41, 5.74) is 3.12. The number of aryl methyl sites for hydroxylation is 1. The lowest BCUT2D eigenvalue weighted by atomic mass is 9.99. The molecule has 3 rings (SSSR count). The third kappa shape index (κ3) is 2.21. The molecule has 1 aliphatic rings. The van der Waals surface area contributed by atoms with Crippen LogP contribution >= 0.6 is 0 Å². The Morgan fingerprint density at radius 1 is 1.18 bits per heavy atom.